The van der Waals surface area contributed by atoms with E-state index in [-0.39, 0.29) is 23.8 Å². The molecule has 4 heteroatoms. The van der Waals surface area contributed by atoms with Crippen LogP contribution in [0.5, 0.6) is 0 Å². The molecular weight excluding hydrogens is 252 g/mol. The molecular formula is C16H34N2O2. The smallest absolute Gasteiger partial charge is 0.222 e. The van der Waals surface area contributed by atoms with Crippen molar-refractivity contribution in [1.82, 2.24) is 10.6 Å². The summed E-state index contributed by atoms with van der Waals surface area (Å²) in [6.07, 6.45) is 0.637. The summed E-state index contributed by atoms with van der Waals surface area (Å²) in [5.41, 5.74) is 0. The molecule has 0 saturated carbocycles. The van der Waals surface area contributed by atoms with Crippen molar-refractivity contribution in [3.8, 4) is 0 Å². The minimum Gasteiger partial charge on any atom is -0.356 e. The number of nitrogens with one attached hydrogen (secondary N) is 2. The number of hydrogen-bond donors (Lipinski definition) is 2. The van der Waals surface area contributed by atoms with E-state index in [1.807, 2.05) is 41.5 Å². The highest BCUT2D eigenvalue weighted by atomic mass is 16.2. The lowest BCUT2D eigenvalue weighted by atomic mass is 10.1. The molecule has 20 heavy (non-hydrogen) atoms. The molecule has 120 valence electrons. The van der Waals surface area contributed by atoms with Crippen molar-refractivity contribution >= 4 is 11.8 Å². The van der Waals surface area contributed by atoms with Crippen LogP contribution in [0.4, 0.5) is 0 Å². The Morgan fingerprint density at radius 1 is 0.850 bits per heavy atom. The molecule has 0 rings (SSSR count). The molecule has 0 aliphatic heterocycles. The van der Waals surface area contributed by atoms with Crippen molar-refractivity contribution in [2.45, 2.75) is 67.9 Å². The molecule has 0 aliphatic carbocycles. The summed E-state index contributed by atoms with van der Waals surface area (Å²) < 4.78 is 0. The molecule has 0 spiro atoms. The maximum absolute atomic E-state index is 11.0. The van der Waals surface area contributed by atoms with E-state index in [9.17, 15) is 9.59 Å². The molecule has 0 unspecified atom stereocenters. The largest absolute Gasteiger partial charge is 0.356 e. The van der Waals surface area contributed by atoms with Crippen LogP contribution < -0.4 is 10.6 Å². The first kappa shape index (κ1) is 21.2. The highest BCUT2D eigenvalue weighted by Gasteiger charge is 2.05. The zero-order valence-electron chi connectivity index (χ0n) is 14.5. The zero-order chi connectivity index (χ0) is 16.3. The Morgan fingerprint density at radius 3 is 1.65 bits per heavy atom. The molecule has 0 aromatic heterocycles. The monoisotopic (exact) mass is 286 g/mol. The quantitative estimate of drug-likeness (QED) is 0.788. The van der Waals surface area contributed by atoms with Crippen LogP contribution in [-0.2, 0) is 9.59 Å². The van der Waals surface area contributed by atoms with E-state index in [1.165, 1.54) is 0 Å². The second-order valence-electron chi connectivity index (χ2n) is 6.61. The van der Waals surface area contributed by atoms with Crippen molar-refractivity contribution in [3.63, 3.8) is 0 Å². The van der Waals surface area contributed by atoms with Gasteiger partial charge in [-0.2, -0.15) is 0 Å². The third-order valence-electron chi connectivity index (χ3n) is 2.25. The molecule has 0 fully saturated rings. The number of amides is 2. The average Bonchev–Trinajstić information content (AvgIpc) is 2.23. The maximum Gasteiger partial charge on any atom is 0.222 e. The average molecular weight is 286 g/mol. The third kappa shape index (κ3) is 16.9. The second-order valence-corrected chi connectivity index (χ2v) is 6.61. The van der Waals surface area contributed by atoms with Gasteiger partial charge in [-0.15, -0.1) is 0 Å². The number of carbonyl (C=O) groups is 2. The van der Waals surface area contributed by atoms with Crippen molar-refractivity contribution in [2.75, 3.05) is 6.54 Å². The van der Waals surface area contributed by atoms with Crippen molar-refractivity contribution < 1.29 is 9.59 Å². The van der Waals surface area contributed by atoms with Gasteiger partial charge in [0.2, 0.25) is 11.8 Å². The molecule has 0 aromatic rings. The van der Waals surface area contributed by atoms with Gasteiger partial charge in [0.15, 0.2) is 0 Å². The van der Waals surface area contributed by atoms with Gasteiger partial charge < -0.3 is 10.6 Å². The first-order valence-corrected chi connectivity index (χ1v) is 7.63. The van der Waals surface area contributed by atoms with E-state index < -0.39 is 0 Å². The van der Waals surface area contributed by atoms with Gasteiger partial charge in [0.1, 0.15) is 0 Å². The summed E-state index contributed by atoms with van der Waals surface area (Å²) in [5, 5.41) is 5.68. The van der Waals surface area contributed by atoms with Crippen LogP contribution in [0.3, 0.4) is 0 Å². The van der Waals surface area contributed by atoms with Crippen molar-refractivity contribution in [1.29, 1.82) is 0 Å². The van der Waals surface area contributed by atoms with Gasteiger partial charge in [-0.1, -0.05) is 41.5 Å². The van der Waals surface area contributed by atoms with Gasteiger partial charge >= 0.3 is 0 Å². The van der Waals surface area contributed by atoms with Gasteiger partial charge in [0, 0.05) is 24.9 Å². The van der Waals surface area contributed by atoms with E-state index in [4.69, 9.17) is 0 Å². The van der Waals surface area contributed by atoms with Crippen molar-refractivity contribution in [3.05, 3.63) is 0 Å². The summed E-state index contributed by atoms with van der Waals surface area (Å²) >= 11 is 0. The highest BCUT2D eigenvalue weighted by molar-refractivity contribution is 5.77. The molecule has 4 nitrogen and oxygen atoms in total. The summed E-state index contributed by atoms with van der Waals surface area (Å²) in [6.45, 7) is 16.8. The van der Waals surface area contributed by atoms with Crippen LogP contribution in [-0.4, -0.2) is 24.4 Å². The van der Waals surface area contributed by atoms with Crippen LogP contribution in [0, 0.1) is 17.8 Å². The van der Waals surface area contributed by atoms with E-state index in [1.54, 1.807) is 0 Å². The Bertz CT molecular complexity index is 260. The van der Waals surface area contributed by atoms with Crippen LogP contribution in [0.2, 0.25) is 0 Å². The lowest BCUT2D eigenvalue weighted by molar-refractivity contribution is -0.124. The van der Waals surface area contributed by atoms with Crippen LogP contribution in [0.1, 0.15) is 61.8 Å². The summed E-state index contributed by atoms with van der Waals surface area (Å²) in [5.74, 6) is 1.42. The van der Waals surface area contributed by atoms with Crippen LogP contribution >= 0.6 is 0 Å². The minimum atomic E-state index is 0.110. The highest BCUT2D eigenvalue weighted by Crippen LogP contribution is 1.98. The molecule has 0 aromatic carbocycles. The first-order valence-electron chi connectivity index (χ1n) is 7.63. The van der Waals surface area contributed by atoms with E-state index in [0.717, 1.165) is 6.54 Å². The molecule has 0 radical (unpaired) electrons. The number of carbonyl (C=O) groups excluding carboxylic acids is 2. The Balaban J connectivity index is 0. The normalized spacial score (nSPS) is 10.6. The molecule has 0 atom stereocenters. The lowest BCUT2D eigenvalue weighted by Gasteiger charge is -2.09. The first-order chi connectivity index (χ1) is 9.06. The topological polar surface area (TPSA) is 58.2 Å². The summed E-state index contributed by atoms with van der Waals surface area (Å²) in [6, 6.07) is 0.270. The SMILES string of the molecule is CC(C)CC(=O)NC(C)C.CC(C)CNC(=O)C(C)C. The predicted molar refractivity (Wildman–Crippen MR) is 85.4 cm³/mol. The van der Waals surface area contributed by atoms with Gasteiger partial charge in [-0.25, -0.2) is 0 Å². The standard InChI is InChI=1S/2C8H17NO/c1-6(2)5-9-8(10)7(3)4;1-6(2)5-8(10)9-7(3)4/h2*6-7H,5H2,1-4H3,(H,9,10). The Hall–Kier alpha value is -1.06. The van der Waals surface area contributed by atoms with Gasteiger partial charge in [-0.05, 0) is 25.7 Å². The minimum absolute atomic E-state index is 0.110. The van der Waals surface area contributed by atoms with E-state index in [0.29, 0.717) is 18.3 Å². The molecule has 2 amide bonds. The molecule has 0 saturated heterocycles. The summed E-state index contributed by atoms with van der Waals surface area (Å²) in [4.78, 5) is 21.9. The Morgan fingerprint density at radius 2 is 1.35 bits per heavy atom. The second kappa shape index (κ2) is 11.7. The van der Waals surface area contributed by atoms with Gasteiger partial charge in [0.05, 0.1) is 0 Å². The molecule has 0 bridgehead atoms. The zero-order valence-corrected chi connectivity index (χ0v) is 14.5. The molecule has 0 heterocycles. The predicted octanol–water partition coefficient (Wildman–Crippen LogP) is 2.97. The summed E-state index contributed by atoms with van der Waals surface area (Å²) in [7, 11) is 0. The Labute approximate surface area is 125 Å². The van der Waals surface area contributed by atoms with Crippen LogP contribution in [0.15, 0.2) is 0 Å². The molecule has 2 N–H and O–H groups in total. The van der Waals surface area contributed by atoms with E-state index >= 15 is 0 Å². The van der Waals surface area contributed by atoms with E-state index in [2.05, 4.69) is 24.5 Å². The molecule has 0 aliphatic rings. The van der Waals surface area contributed by atoms with Gasteiger partial charge in [-0.3, -0.25) is 9.59 Å². The number of hydrogen-bond acceptors (Lipinski definition) is 2. The fourth-order valence-electron chi connectivity index (χ4n) is 1.26. The maximum atomic E-state index is 11.0. The Kier molecular flexibility index (Phi) is 12.5. The number of rotatable bonds is 6. The van der Waals surface area contributed by atoms with Crippen LogP contribution in [0.25, 0.3) is 0 Å². The third-order valence-corrected chi connectivity index (χ3v) is 2.25. The fourth-order valence-corrected chi connectivity index (χ4v) is 1.26. The lowest BCUT2D eigenvalue weighted by Crippen LogP contribution is -2.30. The fraction of sp³-hybridized carbons (Fsp3) is 0.875. The van der Waals surface area contributed by atoms with Gasteiger partial charge in [0.25, 0.3) is 0 Å². The van der Waals surface area contributed by atoms with Crippen molar-refractivity contribution in [2.24, 2.45) is 17.8 Å².